The first-order valence-electron chi connectivity index (χ1n) is 9.54. The molecule has 3 rings (SSSR count). The van der Waals surface area contributed by atoms with Crippen LogP contribution in [0.15, 0.2) is 48.5 Å². The molecule has 1 saturated carbocycles. The number of hydrogen-bond donors (Lipinski definition) is 2. The van der Waals surface area contributed by atoms with Crippen molar-refractivity contribution >= 4 is 23.4 Å². The third-order valence-corrected chi connectivity index (χ3v) is 5.26. The Balaban J connectivity index is 1.62. The van der Waals surface area contributed by atoms with Crippen LogP contribution in [0.4, 0.5) is 5.69 Å². The molecule has 0 spiro atoms. The maximum absolute atomic E-state index is 12.7. The zero-order valence-electron chi connectivity index (χ0n) is 16.0. The molecule has 3 N–H and O–H groups in total. The van der Waals surface area contributed by atoms with Gasteiger partial charge in [0.25, 0.3) is 11.8 Å². The SMILES string of the molecule is CN(C(=O)c1ccc(NC(=O)c2ccc(C(N)=O)cc2)cc1)C1CCCCC1. The highest BCUT2D eigenvalue weighted by Crippen LogP contribution is 2.23. The molecule has 28 heavy (non-hydrogen) atoms. The summed E-state index contributed by atoms with van der Waals surface area (Å²) in [5.74, 6) is -0.827. The lowest BCUT2D eigenvalue weighted by molar-refractivity contribution is 0.0696. The number of amides is 3. The number of primary amides is 1. The van der Waals surface area contributed by atoms with E-state index < -0.39 is 5.91 Å². The van der Waals surface area contributed by atoms with Crippen molar-refractivity contribution in [2.75, 3.05) is 12.4 Å². The quantitative estimate of drug-likeness (QED) is 0.833. The van der Waals surface area contributed by atoms with E-state index in [1.807, 2.05) is 11.9 Å². The summed E-state index contributed by atoms with van der Waals surface area (Å²) in [4.78, 5) is 38.0. The van der Waals surface area contributed by atoms with Crippen molar-refractivity contribution in [3.63, 3.8) is 0 Å². The minimum absolute atomic E-state index is 0.00631. The molecule has 6 nitrogen and oxygen atoms in total. The van der Waals surface area contributed by atoms with Crippen LogP contribution in [0.3, 0.4) is 0 Å². The summed E-state index contributed by atoms with van der Waals surface area (Å²) >= 11 is 0. The van der Waals surface area contributed by atoms with Crippen molar-refractivity contribution in [1.29, 1.82) is 0 Å². The Bertz CT molecular complexity index is 854. The Kier molecular flexibility index (Phi) is 6.09. The van der Waals surface area contributed by atoms with Gasteiger partial charge in [-0.1, -0.05) is 19.3 Å². The molecule has 3 amide bonds. The van der Waals surface area contributed by atoms with Crippen molar-refractivity contribution in [2.45, 2.75) is 38.1 Å². The van der Waals surface area contributed by atoms with Crippen molar-refractivity contribution in [1.82, 2.24) is 4.90 Å². The maximum atomic E-state index is 12.7. The molecule has 6 heteroatoms. The Morgan fingerprint density at radius 3 is 1.96 bits per heavy atom. The van der Waals surface area contributed by atoms with Gasteiger partial charge in [-0.3, -0.25) is 14.4 Å². The highest BCUT2D eigenvalue weighted by Gasteiger charge is 2.22. The third kappa shape index (κ3) is 4.57. The second-order valence-electron chi connectivity index (χ2n) is 7.18. The van der Waals surface area contributed by atoms with E-state index in [0.717, 1.165) is 12.8 Å². The summed E-state index contributed by atoms with van der Waals surface area (Å²) in [7, 11) is 1.86. The highest BCUT2D eigenvalue weighted by atomic mass is 16.2. The van der Waals surface area contributed by atoms with E-state index in [1.165, 1.54) is 31.4 Å². The van der Waals surface area contributed by atoms with Gasteiger partial charge in [0.15, 0.2) is 0 Å². The summed E-state index contributed by atoms with van der Waals surface area (Å²) in [5, 5.41) is 2.79. The van der Waals surface area contributed by atoms with Gasteiger partial charge in [0.05, 0.1) is 0 Å². The van der Waals surface area contributed by atoms with Crippen molar-refractivity contribution in [3.05, 3.63) is 65.2 Å². The number of anilines is 1. The summed E-state index contributed by atoms with van der Waals surface area (Å²) in [6, 6.07) is 13.3. The van der Waals surface area contributed by atoms with Gasteiger partial charge in [-0.2, -0.15) is 0 Å². The predicted molar refractivity (Wildman–Crippen MR) is 108 cm³/mol. The summed E-state index contributed by atoms with van der Waals surface area (Å²) in [5.41, 5.74) is 7.17. The molecule has 1 aliphatic rings. The number of nitrogens with two attached hydrogens (primary N) is 1. The molecule has 0 aromatic heterocycles. The molecule has 2 aromatic rings. The number of nitrogens with one attached hydrogen (secondary N) is 1. The summed E-state index contributed by atoms with van der Waals surface area (Å²) in [6.45, 7) is 0. The minimum atomic E-state index is -0.537. The minimum Gasteiger partial charge on any atom is -0.366 e. The lowest BCUT2D eigenvalue weighted by Crippen LogP contribution is -2.38. The third-order valence-electron chi connectivity index (χ3n) is 5.26. The van der Waals surface area contributed by atoms with E-state index >= 15 is 0 Å². The van der Waals surface area contributed by atoms with E-state index in [1.54, 1.807) is 36.4 Å². The predicted octanol–water partition coefficient (Wildman–Crippen LogP) is 3.44. The Hall–Kier alpha value is -3.15. The highest BCUT2D eigenvalue weighted by molar-refractivity contribution is 6.05. The van der Waals surface area contributed by atoms with Crippen LogP contribution in [0, 0.1) is 0 Å². The smallest absolute Gasteiger partial charge is 0.255 e. The molecular formula is C22H25N3O3. The van der Waals surface area contributed by atoms with Crippen LogP contribution in [0.25, 0.3) is 0 Å². The second-order valence-corrected chi connectivity index (χ2v) is 7.18. The fourth-order valence-electron chi connectivity index (χ4n) is 3.52. The number of rotatable bonds is 5. The number of benzene rings is 2. The Morgan fingerprint density at radius 2 is 1.39 bits per heavy atom. The topological polar surface area (TPSA) is 92.5 Å². The first kappa shape index (κ1) is 19.6. The number of nitrogens with zero attached hydrogens (tertiary/aromatic N) is 1. The molecule has 0 unspecified atom stereocenters. The van der Waals surface area contributed by atoms with Crippen LogP contribution in [-0.2, 0) is 0 Å². The molecule has 0 radical (unpaired) electrons. The van der Waals surface area contributed by atoms with Crippen molar-refractivity contribution in [2.24, 2.45) is 5.73 Å². The zero-order valence-corrected chi connectivity index (χ0v) is 16.0. The fourth-order valence-corrected chi connectivity index (χ4v) is 3.52. The summed E-state index contributed by atoms with van der Waals surface area (Å²) in [6.07, 6.45) is 5.72. The fraction of sp³-hybridized carbons (Fsp3) is 0.318. The van der Waals surface area contributed by atoms with E-state index in [2.05, 4.69) is 5.32 Å². The van der Waals surface area contributed by atoms with E-state index in [9.17, 15) is 14.4 Å². The maximum Gasteiger partial charge on any atom is 0.255 e. The van der Waals surface area contributed by atoms with Crippen LogP contribution >= 0.6 is 0 Å². The van der Waals surface area contributed by atoms with Crippen LogP contribution in [0.1, 0.15) is 63.2 Å². The molecule has 0 aliphatic heterocycles. The van der Waals surface area contributed by atoms with Crippen molar-refractivity contribution in [3.8, 4) is 0 Å². The van der Waals surface area contributed by atoms with Gasteiger partial charge in [-0.15, -0.1) is 0 Å². The first-order chi connectivity index (χ1) is 13.5. The second kappa shape index (κ2) is 8.69. The Labute approximate surface area is 164 Å². The molecule has 0 bridgehead atoms. The van der Waals surface area contributed by atoms with Gasteiger partial charge in [0.1, 0.15) is 0 Å². The van der Waals surface area contributed by atoms with Crippen molar-refractivity contribution < 1.29 is 14.4 Å². The standard InChI is InChI=1S/C22H25N3O3/c1-25(19-5-3-2-4-6-19)22(28)17-11-13-18(14-12-17)24-21(27)16-9-7-15(8-10-16)20(23)26/h7-14,19H,2-6H2,1H3,(H2,23,26)(H,24,27). The van der Waals surface area contributed by atoms with Crippen LogP contribution in [0.2, 0.25) is 0 Å². The molecule has 1 fully saturated rings. The van der Waals surface area contributed by atoms with E-state index in [0.29, 0.717) is 28.4 Å². The van der Waals surface area contributed by atoms with E-state index in [4.69, 9.17) is 5.73 Å². The van der Waals surface area contributed by atoms with Gasteiger partial charge in [-0.05, 0) is 61.4 Å². The molecule has 2 aromatic carbocycles. The molecule has 146 valence electrons. The van der Waals surface area contributed by atoms with Gasteiger partial charge >= 0.3 is 0 Å². The lowest BCUT2D eigenvalue weighted by Gasteiger charge is -2.31. The van der Waals surface area contributed by atoms with Gasteiger partial charge < -0.3 is 16.0 Å². The van der Waals surface area contributed by atoms with E-state index in [-0.39, 0.29) is 11.8 Å². The average Bonchev–Trinajstić information content (AvgIpc) is 2.74. The van der Waals surface area contributed by atoms with Gasteiger partial charge in [0, 0.05) is 35.5 Å². The zero-order chi connectivity index (χ0) is 20.1. The lowest BCUT2D eigenvalue weighted by atomic mass is 9.94. The molecule has 0 saturated heterocycles. The normalized spacial score (nSPS) is 14.3. The van der Waals surface area contributed by atoms with Crippen LogP contribution in [-0.4, -0.2) is 35.7 Å². The number of carbonyl (C=O) groups excluding carboxylic acids is 3. The molecular weight excluding hydrogens is 354 g/mol. The number of carbonyl (C=O) groups is 3. The van der Waals surface area contributed by atoms with Gasteiger partial charge in [-0.25, -0.2) is 0 Å². The molecule has 0 heterocycles. The largest absolute Gasteiger partial charge is 0.366 e. The molecule has 0 atom stereocenters. The van der Waals surface area contributed by atoms with Crippen LogP contribution in [0.5, 0.6) is 0 Å². The number of hydrogen-bond acceptors (Lipinski definition) is 3. The summed E-state index contributed by atoms with van der Waals surface area (Å²) < 4.78 is 0. The van der Waals surface area contributed by atoms with Gasteiger partial charge in [0.2, 0.25) is 5.91 Å². The monoisotopic (exact) mass is 379 g/mol. The Morgan fingerprint density at radius 1 is 0.857 bits per heavy atom. The molecule has 1 aliphatic carbocycles. The first-order valence-corrected chi connectivity index (χ1v) is 9.54. The average molecular weight is 379 g/mol. The van der Waals surface area contributed by atoms with Crippen LogP contribution < -0.4 is 11.1 Å².